The molecule has 0 spiro atoms. The number of hydrogen-bond acceptors (Lipinski definition) is 3. The molecule has 0 atom stereocenters. The molecule has 0 saturated heterocycles. The highest BCUT2D eigenvalue weighted by Crippen LogP contribution is 2.25. The maximum atomic E-state index is 13.9. The van der Waals surface area contributed by atoms with E-state index in [9.17, 15) is 9.18 Å². The largest absolute Gasteiger partial charge is 0.454 e. The van der Waals surface area contributed by atoms with Gasteiger partial charge in [0, 0.05) is 17.8 Å². The molecule has 1 amide bonds. The van der Waals surface area contributed by atoms with Crippen LogP contribution < -0.4 is 15.8 Å². The molecule has 25 heavy (non-hydrogen) atoms. The van der Waals surface area contributed by atoms with Crippen molar-refractivity contribution in [3.63, 3.8) is 0 Å². The molecule has 3 aromatic carbocycles. The summed E-state index contributed by atoms with van der Waals surface area (Å²) in [6, 6.07) is 21.1. The van der Waals surface area contributed by atoms with E-state index in [4.69, 9.17) is 10.5 Å². The van der Waals surface area contributed by atoms with E-state index in [0.717, 1.165) is 17.3 Å². The molecule has 0 bridgehead atoms. The second kappa shape index (κ2) is 7.49. The highest BCUT2D eigenvalue weighted by molar-refractivity contribution is 5.92. The van der Waals surface area contributed by atoms with Gasteiger partial charge in [-0.1, -0.05) is 30.3 Å². The third-order valence-corrected chi connectivity index (χ3v) is 3.64. The SMILES string of the molecule is NC(=O)c1ccc(Oc2ccc(CNc3ccccc3)cc2)c(F)c1. The van der Waals surface area contributed by atoms with Gasteiger partial charge < -0.3 is 15.8 Å². The fourth-order valence-corrected chi connectivity index (χ4v) is 2.30. The van der Waals surface area contributed by atoms with E-state index in [1.165, 1.54) is 12.1 Å². The minimum Gasteiger partial charge on any atom is -0.454 e. The van der Waals surface area contributed by atoms with Gasteiger partial charge in [-0.25, -0.2) is 4.39 Å². The maximum absolute atomic E-state index is 13.9. The number of halogens is 1. The molecule has 0 heterocycles. The van der Waals surface area contributed by atoms with Gasteiger partial charge in [0.25, 0.3) is 0 Å². The summed E-state index contributed by atoms with van der Waals surface area (Å²) in [5.74, 6) is -0.763. The summed E-state index contributed by atoms with van der Waals surface area (Å²) in [5, 5.41) is 3.31. The van der Waals surface area contributed by atoms with Crippen molar-refractivity contribution < 1.29 is 13.9 Å². The number of carbonyl (C=O) groups excluding carboxylic acids is 1. The zero-order valence-electron chi connectivity index (χ0n) is 13.4. The van der Waals surface area contributed by atoms with E-state index >= 15 is 0 Å². The van der Waals surface area contributed by atoms with E-state index in [-0.39, 0.29) is 11.3 Å². The first-order chi connectivity index (χ1) is 12.1. The molecular weight excluding hydrogens is 319 g/mol. The fraction of sp³-hybridized carbons (Fsp3) is 0.0500. The van der Waals surface area contributed by atoms with Gasteiger partial charge in [0.05, 0.1) is 0 Å². The topological polar surface area (TPSA) is 64.4 Å². The molecule has 3 aromatic rings. The van der Waals surface area contributed by atoms with Gasteiger partial charge in [-0.3, -0.25) is 4.79 Å². The maximum Gasteiger partial charge on any atom is 0.248 e. The Kier molecular flexibility index (Phi) is 4.95. The van der Waals surface area contributed by atoms with Crippen LogP contribution in [0, 0.1) is 5.82 Å². The highest BCUT2D eigenvalue weighted by atomic mass is 19.1. The van der Waals surface area contributed by atoms with Crippen molar-refractivity contribution in [3.05, 3.63) is 89.7 Å². The van der Waals surface area contributed by atoms with Gasteiger partial charge in [-0.05, 0) is 48.0 Å². The molecule has 0 unspecified atom stereocenters. The lowest BCUT2D eigenvalue weighted by Gasteiger charge is -2.09. The van der Waals surface area contributed by atoms with Crippen LogP contribution in [0.1, 0.15) is 15.9 Å². The Balaban J connectivity index is 1.63. The van der Waals surface area contributed by atoms with Crippen molar-refractivity contribution in [2.45, 2.75) is 6.54 Å². The van der Waals surface area contributed by atoms with E-state index < -0.39 is 11.7 Å². The lowest BCUT2D eigenvalue weighted by atomic mass is 10.2. The van der Waals surface area contributed by atoms with Crippen LogP contribution in [0.2, 0.25) is 0 Å². The standard InChI is InChI=1S/C20H17FN2O2/c21-18-12-15(20(22)24)8-11-19(18)25-17-9-6-14(7-10-17)13-23-16-4-2-1-3-5-16/h1-12,23H,13H2,(H2,22,24). The van der Waals surface area contributed by atoms with Crippen molar-refractivity contribution in [3.8, 4) is 11.5 Å². The van der Waals surface area contributed by atoms with E-state index in [1.807, 2.05) is 42.5 Å². The van der Waals surface area contributed by atoms with Crippen LogP contribution in [0.25, 0.3) is 0 Å². The van der Waals surface area contributed by atoms with E-state index in [0.29, 0.717) is 12.3 Å². The summed E-state index contributed by atoms with van der Waals surface area (Å²) in [7, 11) is 0. The summed E-state index contributed by atoms with van der Waals surface area (Å²) >= 11 is 0. The summed E-state index contributed by atoms with van der Waals surface area (Å²) in [5.41, 5.74) is 7.34. The molecule has 3 N–H and O–H groups in total. The predicted molar refractivity (Wildman–Crippen MR) is 95.2 cm³/mol. The number of rotatable bonds is 6. The van der Waals surface area contributed by atoms with Crippen molar-refractivity contribution in [1.82, 2.24) is 0 Å². The smallest absolute Gasteiger partial charge is 0.248 e. The Bertz CT molecular complexity index is 865. The molecule has 0 aliphatic heterocycles. The second-order valence-corrected chi connectivity index (χ2v) is 5.48. The molecule has 0 saturated carbocycles. The molecule has 0 aromatic heterocycles. The molecular formula is C20H17FN2O2. The predicted octanol–water partition coefficient (Wildman–Crippen LogP) is 4.33. The number of benzene rings is 3. The van der Waals surface area contributed by atoms with Gasteiger partial charge in [0.15, 0.2) is 11.6 Å². The third kappa shape index (κ3) is 4.35. The Morgan fingerprint density at radius 1 is 1.00 bits per heavy atom. The number of hydrogen-bond donors (Lipinski definition) is 2. The van der Waals surface area contributed by atoms with Crippen LogP contribution in [0.3, 0.4) is 0 Å². The number of ether oxygens (including phenoxy) is 1. The van der Waals surface area contributed by atoms with E-state index in [1.54, 1.807) is 12.1 Å². The van der Waals surface area contributed by atoms with Gasteiger partial charge in [0.1, 0.15) is 5.75 Å². The van der Waals surface area contributed by atoms with Crippen LogP contribution >= 0.6 is 0 Å². The molecule has 4 nitrogen and oxygen atoms in total. The molecule has 3 rings (SSSR count). The number of anilines is 1. The van der Waals surface area contributed by atoms with E-state index in [2.05, 4.69) is 5.32 Å². The molecule has 0 radical (unpaired) electrons. The van der Waals surface area contributed by atoms with Gasteiger partial charge in [-0.15, -0.1) is 0 Å². The Labute approximate surface area is 145 Å². The lowest BCUT2D eigenvalue weighted by molar-refractivity contribution is 0.1000. The summed E-state index contributed by atoms with van der Waals surface area (Å²) in [4.78, 5) is 11.0. The lowest BCUT2D eigenvalue weighted by Crippen LogP contribution is -2.11. The first-order valence-corrected chi connectivity index (χ1v) is 7.77. The van der Waals surface area contributed by atoms with Gasteiger partial charge in [0.2, 0.25) is 5.91 Å². The number of primary amides is 1. The Hall–Kier alpha value is -3.34. The monoisotopic (exact) mass is 336 g/mol. The number of amides is 1. The zero-order chi connectivity index (χ0) is 17.6. The van der Waals surface area contributed by atoms with Crippen molar-refractivity contribution >= 4 is 11.6 Å². The first-order valence-electron chi connectivity index (χ1n) is 7.77. The van der Waals surface area contributed by atoms with Crippen LogP contribution in [0.15, 0.2) is 72.8 Å². The van der Waals surface area contributed by atoms with Gasteiger partial charge >= 0.3 is 0 Å². The van der Waals surface area contributed by atoms with Crippen molar-refractivity contribution in [2.24, 2.45) is 5.73 Å². The Morgan fingerprint density at radius 2 is 1.72 bits per heavy atom. The van der Waals surface area contributed by atoms with Gasteiger partial charge in [-0.2, -0.15) is 0 Å². The summed E-state index contributed by atoms with van der Waals surface area (Å²) < 4.78 is 19.5. The zero-order valence-corrected chi connectivity index (χ0v) is 13.4. The molecule has 5 heteroatoms. The Morgan fingerprint density at radius 3 is 2.36 bits per heavy atom. The molecule has 0 aliphatic carbocycles. The summed E-state index contributed by atoms with van der Waals surface area (Å²) in [6.45, 7) is 0.673. The third-order valence-electron chi connectivity index (χ3n) is 3.64. The highest BCUT2D eigenvalue weighted by Gasteiger charge is 2.09. The van der Waals surface area contributed by atoms with Crippen LogP contribution in [-0.4, -0.2) is 5.91 Å². The second-order valence-electron chi connectivity index (χ2n) is 5.48. The number of carbonyl (C=O) groups is 1. The minimum atomic E-state index is -0.680. The normalized spacial score (nSPS) is 10.3. The number of nitrogens with one attached hydrogen (secondary N) is 1. The quantitative estimate of drug-likeness (QED) is 0.704. The molecule has 0 aliphatic rings. The van der Waals surface area contributed by atoms with Crippen LogP contribution in [0.5, 0.6) is 11.5 Å². The number of para-hydroxylation sites is 1. The van der Waals surface area contributed by atoms with Crippen molar-refractivity contribution in [1.29, 1.82) is 0 Å². The molecule has 126 valence electrons. The average molecular weight is 336 g/mol. The fourth-order valence-electron chi connectivity index (χ4n) is 2.30. The minimum absolute atomic E-state index is 0.0418. The first kappa shape index (κ1) is 16.5. The summed E-state index contributed by atoms with van der Waals surface area (Å²) in [6.07, 6.45) is 0. The molecule has 0 fully saturated rings. The van der Waals surface area contributed by atoms with Crippen LogP contribution in [0.4, 0.5) is 10.1 Å². The van der Waals surface area contributed by atoms with Crippen LogP contribution in [-0.2, 0) is 6.54 Å². The number of nitrogens with two attached hydrogens (primary N) is 1. The average Bonchev–Trinajstić information content (AvgIpc) is 2.63. The van der Waals surface area contributed by atoms with Crippen molar-refractivity contribution in [2.75, 3.05) is 5.32 Å².